The van der Waals surface area contributed by atoms with Crippen LogP contribution in [0.5, 0.6) is 0 Å². The van der Waals surface area contributed by atoms with Crippen molar-refractivity contribution in [3.8, 4) is 0 Å². The van der Waals surface area contributed by atoms with Crippen molar-refractivity contribution >= 4 is 17.2 Å². The highest BCUT2D eigenvalue weighted by molar-refractivity contribution is 7.07. The van der Waals surface area contributed by atoms with Crippen LogP contribution in [0.2, 0.25) is 0 Å². The number of thiazole rings is 1. The van der Waals surface area contributed by atoms with Crippen LogP contribution < -0.4 is 0 Å². The number of aromatic nitrogens is 3. The lowest BCUT2D eigenvalue weighted by Crippen LogP contribution is -2.35. The van der Waals surface area contributed by atoms with Gasteiger partial charge in [0.25, 0.3) is 5.91 Å². The van der Waals surface area contributed by atoms with E-state index in [9.17, 15) is 4.79 Å². The van der Waals surface area contributed by atoms with Crippen molar-refractivity contribution < 1.29 is 4.79 Å². The van der Waals surface area contributed by atoms with Gasteiger partial charge in [0, 0.05) is 50.8 Å². The molecule has 0 aromatic carbocycles. The summed E-state index contributed by atoms with van der Waals surface area (Å²) in [7, 11) is 1.87. The molecular formula is C15H21N5OS. The third kappa shape index (κ3) is 3.36. The number of carbonyl (C=O) groups excluding carboxylic acids is 1. The Balaban J connectivity index is 1.61. The zero-order chi connectivity index (χ0) is 15.5. The fourth-order valence-electron chi connectivity index (χ4n) is 2.70. The number of nitrogens with zero attached hydrogens (tertiary/aromatic N) is 5. The predicted molar refractivity (Wildman–Crippen MR) is 85.9 cm³/mol. The molecule has 22 heavy (non-hydrogen) atoms. The predicted octanol–water partition coefficient (Wildman–Crippen LogP) is 1.53. The summed E-state index contributed by atoms with van der Waals surface area (Å²) in [6.07, 6.45) is 0.988. The number of rotatable bonds is 3. The van der Waals surface area contributed by atoms with Crippen molar-refractivity contribution in [2.75, 3.05) is 26.2 Å². The van der Waals surface area contributed by atoms with Crippen molar-refractivity contribution in [3.05, 3.63) is 34.0 Å². The maximum Gasteiger partial charge on any atom is 0.274 e. The molecule has 7 heteroatoms. The normalized spacial score (nSPS) is 16.7. The Hall–Kier alpha value is -1.73. The zero-order valence-electron chi connectivity index (χ0n) is 13.0. The molecule has 0 saturated carbocycles. The summed E-state index contributed by atoms with van der Waals surface area (Å²) >= 11 is 1.63. The summed E-state index contributed by atoms with van der Waals surface area (Å²) in [5.74, 6) is 0.0409. The van der Waals surface area contributed by atoms with E-state index in [0.717, 1.165) is 50.5 Å². The summed E-state index contributed by atoms with van der Waals surface area (Å²) in [5, 5.41) is 6.39. The number of hydrogen-bond donors (Lipinski definition) is 0. The highest BCUT2D eigenvalue weighted by atomic mass is 32.1. The molecule has 0 unspecified atom stereocenters. The Morgan fingerprint density at radius 3 is 2.86 bits per heavy atom. The van der Waals surface area contributed by atoms with Crippen molar-refractivity contribution in [2.45, 2.75) is 19.9 Å². The molecule has 2 aromatic heterocycles. The van der Waals surface area contributed by atoms with E-state index in [1.165, 1.54) is 0 Å². The van der Waals surface area contributed by atoms with E-state index in [0.29, 0.717) is 5.69 Å². The van der Waals surface area contributed by atoms with E-state index in [2.05, 4.69) is 20.4 Å². The van der Waals surface area contributed by atoms with Crippen molar-refractivity contribution in [1.29, 1.82) is 0 Å². The minimum Gasteiger partial charge on any atom is -0.336 e. The van der Waals surface area contributed by atoms with Gasteiger partial charge in [0.05, 0.1) is 11.2 Å². The van der Waals surface area contributed by atoms with E-state index >= 15 is 0 Å². The molecule has 0 aliphatic carbocycles. The fraction of sp³-hybridized carbons (Fsp3) is 0.533. The van der Waals surface area contributed by atoms with E-state index in [1.54, 1.807) is 16.0 Å². The maximum absolute atomic E-state index is 12.6. The molecule has 1 aliphatic rings. The van der Waals surface area contributed by atoms with Gasteiger partial charge in [-0.25, -0.2) is 4.98 Å². The molecule has 1 saturated heterocycles. The SMILES string of the molecule is Cc1cc(C(=O)N2CCCN(Cc3cscn3)CC2)nn1C. The van der Waals surface area contributed by atoms with Crippen LogP contribution in [0.25, 0.3) is 0 Å². The van der Waals surface area contributed by atoms with Crippen LogP contribution in [-0.2, 0) is 13.6 Å². The van der Waals surface area contributed by atoms with Crippen LogP contribution in [0.1, 0.15) is 28.3 Å². The summed E-state index contributed by atoms with van der Waals surface area (Å²) < 4.78 is 1.75. The number of aryl methyl sites for hydroxylation is 2. The average molecular weight is 319 g/mol. The molecule has 3 rings (SSSR count). The first kappa shape index (κ1) is 15.2. The van der Waals surface area contributed by atoms with Gasteiger partial charge in [-0.1, -0.05) is 0 Å². The molecule has 1 aliphatic heterocycles. The van der Waals surface area contributed by atoms with E-state index < -0.39 is 0 Å². The minimum absolute atomic E-state index is 0.0409. The van der Waals surface area contributed by atoms with Gasteiger partial charge in [-0.05, 0) is 19.4 Å². The molecule has 1 amide bonds. The lowest BCUT2D eigenvalue weighted by atomic mass is 10.3. The second-order valence-electron chi connectivity index (χ2n) is 5.70. The Morgan fingerprint density at radius 1 is 1.32 bits per heavy atom. The van der Waals surface area contributed by atoms with Gasteiger partial charge in [0.15, 0.2) is 5.69 Å². The van der Waals surface area contributed by atoms with Crippen LogP contribution in [0.3, 0.4) is 0 Å². The van der Waals surface area contributed by atoms with Crippen LogP contribution in [0.15, 0.2) is 17.0 Å². The number of hydrogen-bond acceptors (Lipinski definition) is 5. The highest BCUT2D eigenvalue weighted by Crippen LogP contribution is 2.12. The zero-order valence-corrected chi connectivity index (χ0v) is 13.8. The molecule has 0 N–H and O–H groups in total. The van der Waals surface area contributed by atoms with E-state index in [-0.39, 0.29) is 5.91 Å². The molecule has 1 fully saturated rings. The summed E-state index contributed by atoms with van der Waals surface area (Å²) in [4.78, 5) is 21.2. The van der Waals surface area contributed by atoms with Gasteiger partial charge in [-0.15, -0.1) is 11.3 Å². The summed E-state index contributed by atoms with van der Waals surface area (Å²) in [5.41, 5.74) is 4.54. The lowest BCUT2D eigenvalue weighted by Gasteiger charge is -2.20. The molecule has 0 bridgehead atoms. The molecule has 2 aromatic rings. The largest absolute Gasteiger partial charge is 0.336 e. The first-order chi connectivity index (χ1) is 10.6. The van der Waals surface area contributed by atoms with Gasteiger partial charge in [0.1, 0.15) is 0 Å². The first-order valence-electron chi connectivity index (χ1n) is 7.53. The van der Waals surface area contributed by atoms with E-state index in [4.69, 9.17) is 0 Å². The Morgan fingerprint density at radius 2 is 2.18 bits per heavy atom. The number of carbonyl (C=O) groups is 1. The van der Waals surface area contributed by atoms with Crippen LogP contribution in [-0.4, -0.2) is 56.7 Å². The first-order valence-corrected chi connectivity index (χ1v) is 8.47. The molecule has 0 radical (unpaired) electrons. The maximum atomic E-state index is 12.6. The summed E-state index contributed by atoms with van der Waals surface area (Å²) in [6, 6.07) is 1.86. The molecule has 0 spiro atoms. The second-order valence-corrected chi connectivity index (χ2v) is 6.41. The standard InChI is InChI=1S/C15H21N5OS/c1-12-8-14(17-18(12)2)15(21)20-5-3-4-19(6-7-20)9-13-10-22-11-16-13/h8,10-11H,3-7,9H2,1-2H3. The third-order valence-electron chi connectivity index (χ3n) is 4.08. The van der Waals surface area contributed by atoms with E-state index in [1.807, 2.05) is 30.4 Å². The van der Waals surface area contributed by atoms with Gasteiger partial charge in [-0.3, -0.25) is 14.4 Å². The number of amides is 1. The molecule has 0 atom stereocenters. The van der Waals surface area contributed by atoms with Crippen LogP contribution >= 0.6 is 11.3 Å². The Bertz CT molecular complexity index is 617. The monoisotopic (exact) mass is 319 g/mol. The molecule has 3 heterocycles. The quantitative estimate of drug-likeness (QED) is 0.861. The summed E-state index contributed by atoms with van der Waals surface area (Å²) in [6.45, 7) is 6.26. The molecule has 118 valence electrons. The fourth-order valence-corrected chi connectivity index (χ4v) is 3.25. The van der Waals surface area contributed by atoms with Gasteiger partial charge in [-0.2, -0.15) is 5.10 Å². The van der Waals surface area contributed by atoms with Crippen molar-refractivity contribution in [2.24, 2.45) is 7.05 Å². The van der Waals surface area contributed by atoms with Crippen molar-refractivity contribution in [3.63, 3.8) is 0 Å². The minimum atomic E-state index is 0.0409. The highest BCUT2D eigenvalue weighted by Gasteiger charge is 2.22. The third-order valence-corrected chi connectivity index (χ3v) is 4.71. The van der Waals surface area contributed by atoms with Crippen LogP contribution in [0, 0.1) is 6.92 Å². The van der Waals surface area contributed by atoms with Crippen molar-refractivity contribution in [1.82, 2.24) is 24.6 Å². The molecular weight excluding hydrogens is 298 g/mol. The van der Waals surface area contributed by atoms with Crippen LogP contribution in [0.4, 0.5) is 0 Å². The van der Waals surface area contributed by atoms with Gasteiger partial charge in [0.2, 0.25) is 0 Å². The topological polar surface area (TPSA) is 54.3 Å². The van der Waals surface area contributed by atoms with Gasteiger partial charge >= 0.3 is 0 Å². The smallest absolute Gasteiger partial charge is 0.274 e. The lowest BCUT2D eigenvalue weighted by molar-refractivity contribution is 0.0754. The Labute approximate surface area is 134 Å². The second kappa shape index (κ2) is 6.58. The average Bonchev–Trinajstić information content (AvgIpc) is 3.04. The van der Waals surface area contributed by atoms with Gasteiger partial charge < -0.3 is 4.90 Å². The molecule has 6 nitrogen and oxygen atoms in total. The Kier molecular flexibility index (Phi) is 4.54.